The maximum Gasteiger partial charge on any atom is 0.330 e. The Morgan fingerprint density at radius 3 is 1.55 bits per heavy atom. The maximum absolute atomic E-state index is 12.9. The number of carbonyl (C=O) groups excluding carboxylic acids is 1. The van der Waals surface area contributed by atoms with Gasteiger partial charge in [0.05, 0.1) is 9.85 Å². The molecule has 0 atom stereocenters. The topological polar surface area (TPSA) is 153 Å². The van der Waals surface area contributed by atoms with Crippen LogP contribution in [0.25, 0.3) is 0 Å². The fourth-order valence-corrected chi connectivity index (χ4v) is 3.40. The van der Waals surface area contributed by atoms with Crippen molar-refractivity contribution < 1.29 is 24.5 Å². The Balaban J connectivity index is 1.99. The highest BCUT2D eigenvalue weighted by molar-refractivity contribution is 5.98. The van der Waals surface area contributed by atoms with Crippen molar-refractivity contribution in [1.82, 2.24) is 5.32 Å². The van der Waals surface area contributed by atoms with Crippen molar-refractivity contribution in [3.8, 4) is 0 Å². The molecule has 0 saturated carbocycles. The van der Waals surface area contributed by atoms with Crippen LogP contribution in [0.2, 0.25) is 0 Å². The predicted octanol–water partition coefficient (Wildman–Crippen LogP) is 3.54. The molecule has 3 rings (SSSR count). The Kier molecular flexibility index (Phi) is 6.77. The molecule has 0 unspecified atom stereocenters. The lowest BCUT2D eigenvalue weighted by atomic mass is 9.84. The minimum atomic E-state index is -1.82. The van der Waals surface area contributed by atoms with Crippen molar-refractivity contribution >= 4 is 23.3 Å². The first-order valence-electron chi connectivity index (χ1n) is 9.78. The summed E-state index contributed by atoms with van der Waals surface area (Å²) in [7, 11) is 0. The standard InChI is InChI=1S/C23H19N3O7/c27-21(18-4-2-1-3-5-18)24-23(22(28)29,14-16-6-10-19(11-7-16)25(30)31)15-17-8-12-20(13-9-17)26(32)33/h1-13H,14-15H2,(H,24,27)(H,28,29). The number of hydrogen-bond acceptors (Lipinski definition) is 6. The van der Waals surface area contributed by atoms with E-state index < -0.39 is 27.3 Å². The molecule has 33 heavy (non-hydrogen) atoms. The number of hydrogen-bond donors (Lipinski definition) is 2. The third kappa shape index (κ3) is 5.56. The van der Waals surface area contributed by atoms with E-state index in [1.165, 1.54) is 48.5 Å². The molecule has 0 aromatic heterocycles. The van der Waals surface area contributed by atoms with E-state index in [0.29, 0.717) is 11.1 Å². The summed E-state index contributed by atoms with van der Waals surface area (Å²) in [5.74, 6) is -1.93. The molecule has 10 heteroatoms. The molecule has 0 aliphatic carbocycles. The van der Waals surface area contributed by atoms with Crippen LogP contribution in [0.1, 0.15) is 21.5 Å². The molecule has 0 heterocycles. The second-order valence-corrected chi connectivity index (χ2v) is 7.41. The first-order valence-corrected chi connectivity index (χ1v) is 9.78. The zero-order chi connectivity index (χ0) is 24.0. The third-order valence-electron chi connectivity index (χ3n) is 5.10. The molecule has 3 aromatic carbocycles. The number of nitrogens with one attached hydrogen (secondary N) is 1. The van der Waals surface area contributed by atoms with Gasteiger partial charge < -0.3 is 10.4 Å². The van der Waals surface area contributed by atoms with Crippen molar-refractivity contribution in [3.63, 3.8) is 0 Å². The Morgan fingerprint density at radius 2 is 1.18 bits per heavy atom. The van der Waals surface area contributed by atoms with Crippen LogP contribution in [0.5, 0.6) is 0 Å². The fraction of sp³-hybridized carbons (Fsp3) is 0.130. The van der Waals surface area contributed by atoms with Crippen LogP contribution in [0.15, 0.2) is 78.9 Å². The van der Waals surface area contributed by atoms with Crippen LogP contribution < -0.4 is 5.32 Å². The zero-order valence-corrected chi connectivity index (χ0v) is 17.2. The SMILES string of the molecule is O=C(NC(Cc1ccc([N+](=O)[O-])cc1)(Cc1ccc([N+](=O)[O-])cc1)C(=O)O)c1ccccc1. The molecular formula is C23H19N3O7. The van der Waals surface area contributed by atoms with Crippen LogP contribution in [-0.4, -0.2) is 32.4 Å². The van der Waals surface area contributed by atoms with Crippen molar-refractivity contribution in [3.05, 3.63) is 116 Å². The number of aliphatic carboxylic acids is 1. The normalized spacial score (nSPS) is 10.9. The molecule has 0 radical (unpaired) electrons. The van der Waals surface area contributed by atoms with Crippen molar-refractivity contribution in [2.24, 2.45) is 0 Å². The van der Waals surface area contributed by atoms with Crippen molar-refractivity contribution in [2.75, 3.05) is 0 Å². The van der Waals surface area contributed by atoms with E-state index in [1.807, 2.05) is 0 Å². The minimum Gasteiger partial charge on any atom is -0.479 e. The molecule has 0 spiro atoms. The molecule has 3 aromatic rings. The summed E-state index contributed by atoms with van der Waals surface area (Å²) in [6.07, 6.45) is -0.341. The number of amides is 1. The van der Waals surface area contributed by atoms with Gasteiger partial charge in [-0.1, -0.05) is 42.5 Å². The average molecular weight is 449 g/mol. The van der Waals surface area contributed by atoms with Gasteiger partial charge in [-0.25, -0.2) is 4.79 Å². The van der Waals surface area contributed by atoms with Gasteiger partial charge in [-0.15, -0.1) is 0 Å². The molecule has 1 amide bonds. The van der Waals surface area contributed by atoms with E-state index in [4.69, 9.17) is 0 Å². The lowest BCUT2D eigenvalue weighted by Crippen LogP contribution is -2.57. The van der Waals surface area contributed by atoms with Crippen molar-refractivity contribution in [2.45, 2.75) is 18.4 Å². The van der Waals surface area contributed by atoms with E-state index in [-0.39, 0.29) is 29.8 Å². The second-order valence-electron chi connectivity index (χ2n) is 7.41. The number of nitro groups is 2. The number of carboxylic acids is 1. The fourth-order valence-electron chi connectivity index (χ4n) is 3.40. The number of nitro benzene ring substituents is 2. The molecular weight excluding hydrogens is 430 g/mol. The van der Waals surface area contributed by atoms with Crippen molar-refractivity contribution in [1.29, 1.82) is 0 Å². The highest BCUT2D eigenvalue weighted by atomic mass is 16.6. The predicted molar refractivity (Wildman–Crippen MR) is 118 cm³/mol. The van der Waals surface area contributed by atoms with Crippen LogP contribution in [0.4, 0.5) is 11.4 Å². The number of nitrogens with zero attached hydrogens (tertiary/aromatic N) is 2. The Labute approximate surface area is 187 Å². The molecule has 2 N–H and O–H groups in total. The van der Waals surface area contributed by atoms with E-state index >= 15 is 0 Å². The Bertz CT molecular complexity index is 1120. The maximum atomic E-state index is 12.9. The minimum absolute atomic E-state index is 0.150. The van der Waals surface area contributed by atoms with Gasteiger partial charge in [0.25, 0.3) is 17.3 Å². The smallest absolute Gasteiger partial charge is 0.330 e. The molecule has 0 saturated heterocycles. The summed E-state index contributed by atoms with van der Waals surface area (Å²) in [5, 5.41) is 34.7. The van der Waals surface area contributed by atoms with Crippen LogP contribution in [0, 0.1) is 20.2 Å². The van der Waals surface area contributed by atoms with Gasteiger partial charge in [0.1, 0.15) is 5.54 Å². The summed E-state index contributed by atoms with van der Waals surface area (Å²) in [6.45, 7) is 0. The largest absolute Gasteiger partial charge is 0.479 e. The highest BCUT2D eigenvalue weighted by Crippen LogP contribution is 2.24. The number of non-ortho nitro benzene ring substituents is 2. The van der Waals surface area contributed by atoms with E-state index in [0.717, 1.165) is 0 Å². The lowest BCUT2D eigenvalue weighted by molar-refractivity contribution is -0.385. The van der Waals surface area contributed by atoms with Crippen LogP contribution >= 0.6 is 0 Å². The Morgan fingerprint density at radius 1 is 0.758 bits per heavy atom. The summed E-state index contributed by atoms with van der Waals surface area (Å²) in [5.41, 5.74) is -0.946. The second kappa shape index (κ2) is 9.69. The van der Waals surface area contributed by atoms with Gasteiger partial charge in [0, 0.05) is 42.7 Å². The van der Waals surface area contributed by atoms with Gasteiger partial charge >= 0.3 is 5.97 Å². The summed E-state index contributed by atoms with van der Waals surface area (Å²) < 4.78 is 0. The van der Waals surface area contributed by atoms with Gasteiger partial charge in [-0.05, 0) is 23.3 Å². The van der Waals surface area contributed by atoms with E-state index in [1.54, 1.807) is 30.3 Å². The highest BCUT2D eigenvalue weighted by Gasteiger charge is 2.41. The van der Waals surface area contributed by atoms with Crippen LogP contribution in [-0.2, 0) is 17.6 Å². The molecule has 0 bridgehead atoms. The third-order valence-corrected chi connectivity index (χ3v) is 5.10. The number of benzene rings is 3. The number of rotatable bonds is 9. The molecule has 10 nitrogen and oxygen atoms in total. The number of carboxylic acid groups (broad SMARTS) is 1. The van der Waals surface area contributed by atoms with E-state index in [2.05, 4.69) is 5.32 Å². The summed E-state index contributed by atoms with van der Waals surface area (Å²) in [6, 6.07) is 18.8. The Hall–Kier alpha value is -4.60. The molecule has 0 aliphatic heterocycles. The van der Waals surface area contributed by atoms with Gasteiger partial charge in [0.15, 0.2) is 0 Å². The first-order chi connectivity index (χ1) is 15.7. The monoisotopic (exact) mass is 449 g/mol. The van der Waals surface area contributed by atoms with Crippen LogP contribution in [0.3, 0.4) is 0 Å². The van der Waals surface area contributed by atoms with E-state index in [9.17, 15) is 34.9 Å². The molecule has 0 aliphatic rings. The van der Waals surface area contributed by atoms with Gasteiger partial charge in [-0.2, -0.15) is 0 Å². The lowest BCUT2D eigenvalue weighted by Gasteiger charge is -2.31. The molecule has 168 valence electrons. The number of carbonyl (C=O) groups is 2. The zero-order valence-electron chi connectivity index (χ0n) is 17.2. The molecule has 0 fully saturated rings. The summed E-state index contributed by atoms with van der Waals surface area (Å²) >= 11 is 0. The quantitative estimate of drug-likeness (QED) is 0.374. The van der Waals surface area contributed by atoms with Gasteiger partial charge in [-0.3, -0.25) is 25.0 Å². The first kappa shape index (κ1) is 23.1. The summed E-state index contributed by atoms with van der Waals surface area (Å²) in [4.78, 5) is 46.1. The van der Waals surface area contributed by atoms with Gasteiger partial charge in [0.2, 0.25) is 0 Å². The average Bonchev–Trinajstić information content (AvgIpc) is 2.80.